The molecule has 0 bridgehead atoms. The summed E-state index contributed by atoms with van der Waals surface area (Å²) in [5, 5.41) is 13.8. The van der Waals surface area contributed by atoms with E-state index in [9.17, 15) is 9.59 Å². The van der Waals surface area contributed by atoms with Crippen molar-refractivity contribution in [2.75, 3.05) is 6.54 Å². The molecule has 6 nitrogen and oxygen atoms in total. The summed E-state index contributed by atoms with van der Waals surface area (Å²) in [5.74, 6) is -1.34. The van der Waals surface area contributed by atoms with Crippen LogP contribution in [-0.4, -0.2) is 28.5 Å². The SMILES string of the molecule is CC(N)c1nc(C(=O)NCC(C)(C)C(=O)O)cs1. The van der Waals surface area contributed by atoms with Gasteiger partial charge in [0.25, 0.3) is 5.91 Å². The number of carbonyl (C=O) groups is 2. The minimum atomic E-state index is -1.00. The summed E-state index contributed by atoms with van der Waals surface area (Å²) in [5.41, 5.74) is 4.92. The third kappa shape index (κ3) is 3.51. The Bertz CT molecular complexity index is 454. The van der Waals surface area contributed by atoms with Gasteiger partial charge in [0.1, 0.15) is 10.7 Å². The fraction of sp³-hybridized carbons (Fsp3) is 0.545. The van der Waals surface area contributed by atoms with Gasteiger partial charge in [0.2, 0.25) is 0 Å². The highest BCUT2D eigenvalue weighted by atomic mass is 32.1. The van der Waals surface area contributed by atoms with Gasteiger partial charge in [-0.2, -0.15) is 0 Å². The van der Waals surface area contributed by atoms with Crippen molar-refractivity contribution in [2.45, 2.75) is 26.8 Å². The van der Waals surface area contributed by atoms with E-state index in [1.54, 1.807) is 26.2 Å². The van der Waals surface area contributed by atoms with Gasteiger partial charge in [-0.1, -0.05) is 0 Å². The standard InChI is InChI=1S/C11H17N3O3S/c1-6(12)9-14-7(4-18-9)8(15)13-5-11(2,3)10(16)17/h4,6H,5,12H2,1-3H3,(H,13,15)(H,16,17). The first-order valence-corrected chi connectivity index (χ1v) is 6.34. The number of hydrogen-bond acceptors (Lipinski definition) is 5. The van der Waals surface area contributed by atoms with Crippen LogP contribution in [0.1, 0.15) is 42.3 Å². The predicted octanol–water partition coefficient (Wildman–Crippen LogP) is 1.00. The van der Waals surface area contributed by atoms with E-state index in [2.05, 4.69) is 10.3 Å². The van der Waals surface area contributed by atoms with Crippen molar-refractivity contribution in [3.63, 3.8) is 0 Å². The number of aliphatic carboxylic acids is 1. The van der Waals surface area contributed by atoms with Crippen LogP contribution in [0, 0.1) is 5.41 Å². The molecular weight excluding hydrogens is 254 g/mol. The molecule has 1 unspecified atom stereocenters. The van der Waals surface area contributed by atoms with Gasteiger partial charge in [-0.3, -0.25) is 9.59 Å². The van der Waals surface area contributed by atoms with Crippen LogP contribution in [0.15, 0.2) is 5.38 Å². The second-order valence-electron chi connectivity index (χ2n) is 4.73. The Morgan fingerprint density at radius 2 is 2.22 bits per heavy atom. The maximum Gasteiger partial charge on any atom is 0.310 e. The number of nitrogens with zero attached hydrogens (tertiary/aromatic N) is 1. The molecule has 0 spiro atoms. The topological polar surface area (TPSA) is 105 Å². The normalized spacial score (nSPS) is 13.1. The molecule has 0 aromatic carbocycles. The number of carbonyl (C=O) groups excluding carboxylic acids is 1. The van der Waals surface area contributed by atoms with Gasteiger partial charge in [0.05, 0.1) is 11.5 Å². The maximum atomic E-state index is 11.7. The third-order valence-electron chi connectivity index (χ3n) is 2.41. The number of nitrogens with one attached hydrogen (secondary N) is 1. The van der Waals surface area contributed by atoms with Gasteiger partial charge in [0.15, 0.2) is 0 Å². The molecule has 1 aromatic rings. The largest absolute Gasteiger partial charge is 0.481 e. The maximum absolute atomic E-state index is 11.7. The van der Waals surface area contributed by atoms with Crippen LogP contribution < -0.4 is 11.1 Å². The zero-order valence-corrected chi connectivity index (χ0v) is 11.4. The minimum absolute atomic E-state index is 0.0478. The fourth-order valence-corrected chi connectivity index (χ4v) is 1.83. The van der Waals surface area contributed by atoms with Crippen molar-refractivity contribution >= 4 is 23.2 Å². The summed E-state index contributed by atoms with van der Waals surface area (Å²) in [6.45, 7) is 4.92. The third-order valence-corrected chi connectivity index (χ3v) is 3.46. The predicted molar refractivity (Wildman–Crippen MR) is 68.5 cm³/mol. The second kappa shape index (κ2) is 5.45. The average Bonchev–Trinajstić information content (AvgIpc) is 2.75. The first kappa shape index (κ1) is 14.6. The lowest BCUT2D eigenvalue weighted by Gasteiger charge is -2.18. The molecule has 1 rings (SSSR count). The molecule has 100 valence electrons. The molecule has 0 radical (unpaired) electrons. The number of aromatic nitrogens is 1. The molecule has 1 atom stereocenters. The van der Waals surface area contributed by atoms with Crippen LogP contribution in [-0.2, 0) is 4.79 Å². The van der Waals surface area contributed by atoms with E-state index in [1.165, 1.54) is 11.3 Å². The lowest BCUT2D eigenvalue weighted by molar-refractivity contribution is -0.146. The molecule has 1 aromatic heterocycles. The summed E-state index contributed by atoms with van der Waals surface area (Å²) in [6.07, 6.45) is 0. The Labute approximate surface area is 109 Å². The molecule has 18 heavy (non-hydrogen) atoms. The van der Waals surface area contributed by atoms with Crippen molar-refractivity contribution in [1.29, 1.82) is 0 Å². The van der Waals surface area contributed by atoms with Crippen molar-refractivity contribution in [2.24, 2.45) is 11.1 Å². The van der Waals surface area contributed by atoms with E-state index in [-0.39, 0.29) is 24.2 Å². The van der Waals surface area contributed by atoms with Gasteiger partial charge >= 0.3 is 5.97 Å². The van der Waals surface area contributed by atoms with Gasteiger partial charge in [-0.05, 0) is 20.8 Å². The summed E-state index contributed by atoms with van der Waals surface area (Å²) < 4.78 is 0. The van der Waals surface area contributed by atoms with E-state index in [1.807, 2.05) is 0 Å². The van der Waals surface area contributed by atoms with Crippen LogP contribution in [0.3, 0.4) is 0 Å². The summed E-state index contributed by atoms with van der Waals surface area (Å²) in [7, 11) is 0. The van der Waals surface area contributed by atoms with Crippen molar-refractivity contribution in [3.8, 4) is 0 Å². The molecule has 0 fully saturated rings. The molecule has 0 aliphatic rings. The molecular formula is C11H17N3O3S. The summed E-state index contributed by atoms with van der Waals surface area (Å²) in [4.78, 5) is 26.7. The zero-order chi connectivity index (χ0) is 13.9. The Kier molecular flexibility index (Phi) is 4.42. The minimum Gasteiger partial charge on any atom is -0.481 e. The second-order valence-corrected chi connectivity index (χ2v) is 5.62. The number of rotatable bonds is 5. The summed E-state index contributed by atoms with van der Waals surface area (Å²) in [6, 6.07) is -0.216. The first-order valence-electron chi connectivity index (χ1n) is 5.46. The smallest absolute Gasteiger partial charge is 0.310 e. The average molecular weight is 271 g/mol. The zero-order valence-electron chi connectivity index (χ0n) is 10.6. The number of carboxylic acids is 1. The van der Waals surface area contributed by atoms with E-state index >= 15 is 0 Å². The monoisotopic (exact) mass is 271 g/mol. The molecule has 4 N–H and O–H groups in total. The highest BCUT2D eigenvalue weighted by Crippen LogP contribution is 2.17. The van der Waals surface area contributed by atoms with Gasteiger partial charge in [-0.25, -0.2) is 4.98 Å². The first-order chi connectivity index (χ1) is 8.24. The molecule has 0 saturated heterocycles. The van der Waals surface area contributed by atoms with E-state index in [0.29, 0.717) is 5.01 Å². The van der Waals surface area contributed by atoms with Crippen molar-refractivity contribution in [3.05, 3.63) is 16.1 Å². The van der Waals surface area contributed by atoms with Crippen LogP contribution in [0.2, 0.25) is 0 Å². The van der Waals surface area contributed by atoms with E-state index < -0.39 is 11.4 Å². The highest BCUT2D eigenvalue weighted by Gasteiger charge is 2.28. The Morgan fingerprint density at radius 1 is 1.61 bits per heavy atom. The van der Waals surface area contributed by atoms with Crippen molar-refractivity contribution < 1.29 is 14.7 Å². The molecule has 1 heterocycles. The van der Waals surface area contributed by atoms with Gasteiger partial charge in [0, 0.05) is 11.9 Å². The van der Waals surface area contributed by atoms with Gasteiger partial charge < -0.3 is 16.2 Å². The highest BCUT2D eigenvalue weighted by molar-refractivity contribution is 7.09. The van der Waals surface area contributed by atoms with Crippen LogP contribution in [0.5, 0.6) is 0 Å². The number of amides is 1. The van der Waals surface area contributed by atoms with Crippen LogP contribution in [0.25, 0.3) is 0 Å². The Balaban J connectivity index is 2.63. The molecule has 7 heteroatoms. The fourth-order valence-electron chi connectivity index (χ4n) is 1.07. The lowest BCUT2D eigenvalue weighted by Crippen LogP contribution is -2.39. The van der Waals surface area contributed by atoms with Crippen LogP contribution >= 0.6 is 11.3 Å². The summed E-state index contributed by atoms with van der Waals surface area (Å²) >= 11 is 1.31. The number of nitrogens with two attached hydrogens (primary N) is 1. The Morgan fingerprint density at radius 3 is 2.67 bits per heavy atom. The quantitative estimate of drug-likeness (QED) is 0.741. The molecule has 0 aliphatic heterocycles. The number of thiazole rings is 1. The number of carboxylic acid groups (broad SMARTS) is 1. The molecule has 1 amide bonds. The van der Waals surface area contributed by atoms with Gasteiger partial charge in [-0.15, -0.1) is 11.3 Å². The Hall–Kier alpha value is -1.47. The molecule has 0 aliphatic carbocycles. The van der Waals surface area contributed by atoms with E-state index in [0.717, 1.165) is 0 Å². The van der Waals surface area contributed by atoms with Crippen molar-refractivity contribution in [1.82, 2.24) is 10.3 Å². The van der Waals surface area contributed by atoms with E-state index in [4.69, 9.17) is 10.8 Å². The molecule has 0 saturated carbocycles. The lowest BCUT2D eigenvalue weighted by atomic mass is 9.94. The number of hydrogen-bond donors (Lipinski definition) is 3. The van der Waals surface area contributed by atoms with Crippen LogP contribution in [0.4, 0.5) is 0 Å².